The summed E-state index contributed by atoms with van der Waals surface area (Å²) < 4.78 is 70.5. The summed E-state index contributed by atoms with van der Waals surface area (Å²) in [5.74, 6) is -14.2. The van der Waals surface area contributed by atoms with E-state index < -0.39 is 40.8 Å². The van der Waals surface area contributed by atoms with E-state index in [0.717, 1.165) is 0 Å². The molecule has 1 heterocycles. The van der Waals surface area contributed by atoms with Crippen molar-refractivity contribution in [3.8, 4) is 17.0 Å². The summed E-state index contributed by atoms with van der Waals surface area (Å²) in [6.07, 6.45) is 1.42. The molecule has 0 saturated carbocycles. The van der Waals surface area contributed by atoms with Gasteiger partial charge in [0.25, 0.3) is 0 Å². The Morgan fingerprint density at radius 3 is 1.96 bits per heavy atom. The average molecular weight is 355 g/mol. The first kappa shape index (κ1) is 16.6. The van der Waals surface area contributed by atoms with Crippen molar-refractivity contribution < 1.29 is 31.5 Å². The highest BCUT2D eigenvalue weighted by Gasteiger charge is 2.28. The van der Waals surface area contributed by atoms with Crippen LogP contribution < -0.4 is 4.74 Å². The molecule has 0 radical (unpaired) electrons. The van der Waals surface area contributed by atoms with Crippen molar-refractivity contribution >= 4 is 5.97 Å². The number of aromatic amines is 1. The van der Waals surface area contributed by atoms with Gasteiger partial charge >= 0.3 is 5.97 Å². The van der Waals surface area contributed by atoms with Crippen LogP contribution in [-0.2, 0) is 0 Å². The summed E-state index contributed by atoms with van der Waals surface area (Å²) in [7, 11) is 0. The molecule has 1 aromatic heterocycles. The summed E-state index contributed by atoms with van der Waals surface area (Å²) in [4.78, 5) is 11.9. The number of nitrogens with zero attached hydrogens (tertiary/aromatic N) is 2. The van der Waals surface area contributed by atoms with Crippen LogP contribution in [0.3, 0.4) is 0 Å². The maximum Gasteiger partial charge on any atom is 0.343 e. The number of hydrogen-bond donors (Lipinski definition) is 1. The SMILES string of the molecule is O=C(Oc1c(F)c(F)c(F)c(F)c1F)c1ccc(-c2cn[nH]n2)cc1. The van der Waals surface area contributed by atoms with Gasteiger partial charge in [0.1, 0.15) is 5.69 Å². The standard InChI is InChI=1S/C15H6F5N3O2/c16-9-10(17)12(19)14(13(20)11(9)18)25-15(24)7-3-1-6(2-4-7)8-5-21-23-22-8/h1-5H,(H,21,22,23). The first-order chi connectivity index (χ1) is 11.9. The van der Waals surface area contributed by atoms with Crippen LogP contribution in [0.4, 0.5) is 22.0 Å². The molecule has 0 aliphatic heterocycles. The number of rotatable bonds is 3. The van der Waals surface area contributed by atoms with E-state index in [-0.39, 0.29) is 5.56 Å². The predicted molar refractivity (Wildman–Crippen MR) is 73.0 cm³/mol. The molecular formula is C15H6F5N3O2. The molecule has 0 atom stereocenters. The fourth-order valence-electron chi connectivity index (χ4n) is 1.94. The normalized spacial score (nSPS) is 10.8. The van der Waals surface area contributed by atoms with Gasteiger partial charge in [0.05, 0.1) is 11.8 Å². The lowest BCUT2D eigenvalue weighted by Crippen LogP contribution is -2.13. The second-order valence-corrected chi connectivity index (χ2v) is 4.72. The van der Waals surface area contributed by atoms with Crippen molar-refractivity contribution in [1.82, 2.24) is 15.4 Å². The molecule has 128 valence electrons. The van der Waals surface area contributed by atoms with Gasteiger partial charge in [-0.1, -0.05) is 12.1 Å². The van der Waals surface area contributed by atoms with Crippen LogP contribution in [-0.4, -0.2) is 21.4 Å². The highest BCUT2D eigenvalue weighted by molar-refractivity contribution is 5.91. The third-order valence-electron chi connectivity index (χ3n) is 3.20. The van der Waals surface area contributed by atoms with Gasteiger partial charge in [-0.05, 0) is 12.1 Å². The minimum atomic E-state index is -2.34. The van der Waals surface area contributed by atoms with Crippen LogP contribution in [0.5, 0.6) is 5.75 Å². The molecule has 0 fully saturated rings. The highest BCUT2D eigenvalue weighted by Crippen LogP contribution is 2.29. The molecule has 0 unspecified atom stereocenters. The van der Waals surface area contributed by atoms with E-state index in [0.29, 0.717) is 11.3 Å². The summed E-state index contributed by atoms with van der Waals surface area (Å²) in [5.41, 5.74) is 0.873. The smallest absolute Gasteiger partial charge is 0.343 e. The van der Waals surface area contributed by atoms with E-state index in [1.165, 1.54) is 30.5 Å². The van der Waals surface area contributed by atoms with Crippen LogP contribution in [0.1, 0.15) is 10.4 Å². The van der Waals surface area contributed by atoms with Gasteiger partial charge < -0.3 is 4.74 Å². The Hall–Kier alpha value is -3.30. The summed E-state index contributed by atoms with van der Waals surface area (Å²) in [5, 5.41) is 9.80. The second-order valence-electron chi connectivity index (χ2n) is 4.72. The van der Waals surface area contributed by atoms with E-state index >= 15 is 0 Å². The summed E-state index contributed by atoms with van der Waals surface area (Å²) in [6, 6.07) is 5.34. The molecular weight excluding hydrogens is 349 g/mol. The van der Waals surface area contributed by atoms with Crippen molar-refractivity contribution in [2.24, 2.45) is 0 Å². The molecule has 5 nitrogen and oxygen atoms in total. The fourth-order valence-corrected chi connectivity index (χ4v) is 1.94. The quantitative estimate of drug-likeness (QED) is 0.257. The Morgan fingerprint density at radius 2 is 1.44 bits per heavy atom. The Balaban J connectivity index is 1.88. The summed E-state index contributed by atoms with van der Waals surface area (Å²) >= 11 is 0. The van der Waals surface area contributed by atoms with Gasteiger partial charge in [-0.25, -0.2) is 18.0 Å². The number of esters is 1. The zero-order valence-corrected chi connectivity index (χ0v) is 12.0. The van der Waals surface area contributed by atoms with E-state index in [2.05, 4.69) is 20.1 Å². The molecule has 0 amide bonds. The van der Waals surface area contributed by atoms with Crippen molar-refractivity contribution in [3.63, 3.8) is 0 Å². The molecule has 0 aliphatic rings. The van der Waals surface area contributed by atoms with Crippen molar-refractivity contribution in [3.05, 3.63) is 65.1 Å². The third kappa shape index (κ3) is 2.93. The first-order valence-electron chi connectivity index (χ1n) is 6.60. The number of hydrogen-bond acceptors (Lipinski definition) is 4. The zero-order valence-electron chi connectivity index (χ0n) is 12.0. The van der Waals surface area contributed by atoms with Gasteiger partial charge in [-0.2, -0.15) is 24.2 Å². The van der Waals surface area contributed by atoms with E-state index in [1.807, 2.05) is 0 Å². The van der Waals surface area contributed by atoms with Crippen LogP contribution in [0, 0.1) is 29.1 Å². The number of halogens is 5. The fraction of sp³-hybridized carbons (Fsp3) is 0. The van der Waals surface area contributed by atoms with E-state index in [4.69, 9.17) is 0 Å². The molecule has 0 spiro atoms. The van der Waals surface area contributed by atoms with Crippen molar-refractivity contribution in [2.45, 2.75) is 0 Å². The first-order valence-corrected chi connectivity index (χ1v) is 6.60. The molecule has 0 aliphatic carbocycles. The number of benzene rings is 2. The highest BCUT2D eigenvalue weighted by atomic mass is 19.2. The van der Waals surface area contributed by atoms with Crippen LogP contribution in [0.2, 0.25) is 0 Å². The van der Waals surface area contributed by atoms with Crippen LogP contribution >= 0.6 is 0 Å². The molecule has 2 aromatic carbocycles. The van der Waals surface area contributed by atoms with Gasteiger partial charge in [0.2, 0.25) is 34.8 Å². The lowest BCUT2D eigenvalue weighted by Gasteiger charge is -2.09. The maximum atomic E-state index is 13.5. The van der Waals surface area contributed by atoms with Gasteiger partial charge in [0.15, 0.2) is 0 Å². The lowest BCUT2D eigenvalue weighted by atomic mass is 10.1. The lowest BCUT2D eigenvalue weighted by molar-refractivity contribution is 0.0716. The number of nitrogens with one attached hydrogen (secondary N) is 1. The molecule has 0 saturated heterocycles. The molecule has 3 aromatic rings. The number of carbonyl (C=O) groups excluding carboxylic acids is 1. The van der Waals surface area contributed by atoms with Gasteiger partial charge in [-0.3, -0.25) is 0 Å². The second kappa shape index (κ2) is 6.30. The number of H-pyrrole nitrogens is 1. The third-order valence-corrected chi connectivity index (χ3v) is 3.20. The number of ether oxygens (including phenoxy) is 1. The van der Waals surface area contributed by atoms with E-state index in [9.17, 15) is 26.7 Å². The van der Waals surface area contributed by atoms with Gasteiger partial charge in [-0.15, -0.1) is 0 Å². The molecule has 25 heavy (non-hydrogen) atoms. The Bertz CT molecular complexity index is 914. The van der Waals surface area contributed by atoms with Crippen molar-refractivity contribution in [2.75, 3.05) is 0 Å². The predicted octanol–water partition coefficient (Wildman–Crippen LogP) is 3.39. The largest absolute Gasteiger partial charge is 0.416 e. The number of carbonyl (C=O) groups is 1. The zero-order chi connectivity index (χ0) is 18.1. The molecule has 1 N–H and O–H groups in total. The molecule has 10 heteroatoms. The Labute approximate surface area is 136 Å². The maximum absolute atomic E-state index is 13.5. The van der Waals surface area contributed by atoms with Crippen LogP contribution in [0.15, 0.2) is 30.5 Å². The minimum absolute atomic E-state index is 0.170. The monoisotopic (exact) mass is 355 g/mol. The topological polar surface area (TPSA) is 67.9 Å². The summed E-state index contributed by atoms with van der Waals surface area (Å²) in [6.45, 7) is 0. The van der Waals surface area contributed by atoms with E-state index in [1.54, 1.807) is 0 Å². The van der Waals surface area contributed by atoms with Crippen molar-refractivity contribution in [1.29, 1.82) is 0 Å². The average Bonchev–Trinajstić information content (AvgIpc) is 3.16. The van der Waals surface area contributed by atoms with Crippen LogP contribution in [0.25, 0.3) is 11.3 Å². The minimum Gasteiger partial charge on any atom is -0.416 e. The molecule has 0 bridgehead atoms. The number of aromatic nitrogens is 3. The van der Waals surface area contributed by atoms with Gasteiger partial charge in [0, 0.05) is 5.56 Å². The Morgan fingerprint density at radius 1 is 0.880 bits per heavy atom. The Kier molecular flexibility index (Phi) is 4.17. The molecule has 3 rings (SSSR count).